The molecular formula is C33H58N3O4S+. The van der Waals surface area contributed by atoms with Crippen molar-refractivity contribution in [2.75, 3.05) is 34.8 Å². The molecule has 41 heavy (non-hydrogen) atoms. The molecule has 234 valence electrons. The SMILES string of the molecule is C/C=C\C.CC/C=C(\C)O.CCC[N+](C)(C)C.COC=O.Cc1nsc(C(O)(c2ccccc2)C2CCCCC2)n1. The number of methoxy groups -OCH3 is 1. The van der Waals surface area contributed by atoms with Gasteiger partial charge in [-0.2, -0.15) is 4.37 Å². The van der Waals surface area contributed by atoms with Crippen molar-refractivity contribution in [2.45, 2.75) is 92.1 Å². The molecule has 8 heteroatoms. The Balaban J connectivity index is 0. The van der Waals surface area contributed by atoms with E-state index >= 15 is 0 Å². The van der Waals surface area contributed by atoms with Crippen molar-refractivity contribution in [3.63, 3.8) is 0 Å². The summed E-state index contributed by atoms with van der Waals surface area (Å²) in [4.78, 5) is 13.4. The van der Waals surface area contributed by atoms with Crippen LogP contribution >= 0.6 is 11.5 Å². The van der Waals surface area contributed by atoms with E-state index in [1.54, 1.807) is 13.0 Å². The van der Waals surface area contributed by atoms with Gasteiger partial charge in [-0.3, -0.25) is 4.79 Å². The van der Waals surface area contributed by atoms with Crippen molar-refractivity contribution in [2.24, 2.45) is 5.92 Å². The van der Waals surface area contributed by atoms with Gasteiger partial charge in [0.1, 0.15) is 16.4 Å². The molecule has 0 radical (unpaired) electrons. The molecule has 1 atom stereocenters. The number of aliphatic hydroxyl groups is 2. The lowest BCUT2D eigenvalue weighted by Crippen LogP contribution is -2.37. The summed E-state index contributed by atoms with van der Waals surface area (Å²) in [7, 11) is 7.95. The number of ether oxygens (including phenoxy) is 1. The Labute approximate surface area is 254 Å². The van der Waals surface area contributed by atoms with Gasteiger partial charge in [0.25, 0.3) is 6.47 Å². The van der Waals surface area contributed by atoms with E-state index < -0.39 is 5.60 Å². The van der Waals surface area contributed by atoms with Crippen molar-refractivity contribution in [1.82, 2.24) is 9.36 Å². The van der Waals surface area contributed by atoms with Gasteiger partial charge in [-0.25, -0.2) is 4.98 Å². The molecular weight excluding hydrogens is 534 g/mol. The smallest absolute Gasteiger partial charge is 0.292 e. The fourth-order valence-electron chi connectivity index (χ4n) is 4.16. The van der Waals surface area contributed by atoms with Crippen LogP contribution in [0, 0.1) is 12.8 Å². The third-order valence-electron chi connectivity index (χ3n) is 6.09. The zero-order valence-corrected chi connectivity index (χ0v) is 28.2. The first-order valence-electron chi connectivity index (χ1n) is 14.7. The van der Waals surface area contributed by atoms with Crippen LogP contribution in [0.25, 0.3) is 0 Å². The van der Waals surface area contributed by atoms with Gasteiger partial charge in [0.2, 0.25) is 0 Å². The molecule has 1 fully saturated rings. The summed E-state index contributed by atoms with van der Waals surface area (Å²) >= 11 is 1.33. The molecule has 1 saturated carbocycles. The van der Waals surface area contributed by atoms with Crippen LogP contribution in [0.2, 0.25) is 0 Å². The summed E-state index contributed by atoms with van der Waals surface area (Å²) in [6.07, 6.45) is 13.7. The maximum absolute atomic E-state index is 11.5. The Hall–Kier alpha value is -2.55. The number of benzene rings is 1. The molecule has 1 aromatic carbocycles. The number of hydrogen-bond donors (Lipinski definition) is 2. The van der Waals surface area contributed by atoms with Crippen molar-refractivity contribution >= 4 is 18.0 Å². The average molecular weight is 593 g/mol. The van der Waals surface area contributed by atoms with Gasteiger partial charge < -0.3 is 19.4 Å². The zero-order valence-electron chi connectivity index (χ0n) is 27.4. The summed E-state index contributed by atoms with van der Waals surface area (Å²) in [6, 6.07) is 9.96. The summed E-state index contributed by atoms with van der Waals surface area (Å²) in [5, 5.41) is 20.7. The Morgan fingerprint density at radius 3 is 1.93 bits per heavy atom. The van der Waals surface area contributed by atoms with Crippen LogP contribution < -0.4 is 0 Å². The number of aryl methyl sites for hydroxylation is 1. The standard InChI is InChI=1S/C16H20N2OS.C6H16N.C5H10O.C4H8.C2H4O2/c1-12-17-15(20-18-12)16(19,13-8-4-2-5-9-13)14-10-6-3-7-11-14;1-5-6-7(2,3)4;1-3-4-5(2)6;1-3-4-2;1-4-2-3/h2,4-5,8-9,14,19H,3,6-7,10-11H2,1H3;5-6H2,1-4H3;4,6H,3H2,1-2H3;3-4H,1-2H3;2H,1H3/q;+1;;;/b;;5-4+;4-3-;. The second-order valence-electron chi connectivity index (χ2n) is 10.9. The number of hydrogen-bond acceptors (Lipinski definition) is 7. The van der Waals surface area contributed by atoms with Crippen LogP contribution in [-0.2, 0) is 15.1 Å². The van der Waals surface area contributed by atoms with Gasteiger partial charge in [0.15, 0.2) is 0 Å². The minimum atomic E-state index is -0.979. The van der Waals surface area contributed by atoms with Gasteiger partial charge in [0, 0.05) is 0 Å². The maximum Gasteiger partial charge on any atom is 0.292 e. The number of aliphatic hydroxyl groups excluding tert-OH is 1. The highest BCUT2D eigenvalue weighted by Crippen LogP contribution is 2.44. The van der Waals surface area contributed by atoms with Crippen LogP contribution in [0.5, 0.6) is 0 Å². The molecule has 1 unspecified atom stereocenters. The third-order valence-corrected chi connectivity index (χ3v) is 7.02. The highest BCUT2D eigenvalue weighted by molar-refractivity contribution is 7.05. The third kappa shape index (κ3) is 19.2. The number of quaternary nitrogens is 1. The number of carbonyl (C=O) groups is 1. The number of aromatic nitrogens is 2. The highest BCUT2D eigenvalue weighted by atomic mass is 32.1. The lowest BCUT2D eigenvalue weighted by atomic mass is 9.73. The molecule has 1 heterocycles. The number of rotatable bonds is 7. The topological polar surface area (TPSA) is 92.5 Å². The molecule has 0 saturated heterocycles. The molecule has 7 nitrogen and oxygen atoms in total. The zero-order chi connectivity index (χ0) is 31.7. The van der Waals surface area contributed by atoms with Gasteiger partial charge in [-0.05, 0) is 82.5 Å². The van der Waals surface area contributed by atoms with Crippen molar-refractivity contribution in [3.05, 3.63) is 70.7 Å². The van der Waals surface area contributed by atoms with Crippen molar-refractivity contribution < 1.29 is 24.2 Å². The van der Waals surface area contributed by atoms with Crippen LogP contribution in [0.1, 0.15) is 96.0 Å². The van der Waals surface area contributed by atoms with Crippen LogP contribution in [-0.4, -0.2) is 65.3 Å². The summed E-state index contributed by atoms with van der Waals surface area (Å²) in [5.74, 6) is 1.40. The summed E-state index contributed by atoms with van der Waals surface area (Å²) in [6.45, 7) is 13.4. The first-order chi connectivity index (χ1) is 19.4. The Kier molecular flexibility index (Phi) is 23.8. The molecule has 2 N–H and O–H groups in total. The van der Waals surface area contributed by atoms with E-state index in [4.69, 9.17) is 9.90 Å². The van der Waals surface area contributed by atoms with E-state index in [-0.39, 0.29) is 5.92 Å². The van der Waals surface area contributed by atoms with Crippen LogP contribution in [0.15, 0.2) is 54.3 Å². The molecule has 3 rings (SSSR count). The number of nitrogens with zero attached hydrogens (tertiary/aromatic N) is 3. The predicted molar refractivity (Wildman–Crippen MR) is 174 cm³/mol. The number of allylic oxidation sites excluding steroid dienone is 4. The number of carbonyl (C=O) groups excluding carboxylic acids is 1. The predicted octanol–water partition coefficient (Wildman–Crippen LogP) is 8.00. The van der Waals surface area contributed by atoms with Crippen molar-refractivity contribution in [1.29, 1.82) is 0 Å². The maximum atomic E-state index is 11.5. The molecule has 2 aromatic rings. The minimum Gasteiger partial charge on any atom is -0.513 e. The monoisotopic (exact) mass is 592 g/mol. The first kappa shape index (κ1) is 40.6. The Morgan fingerprint density at radius 1 is 1.10 bits per heavy atom. The molecule has 1 aliphatic carbocycles. The largest absolute Gasteiger partial charge is 0.513 e. The van der Waals surface area contributed by atoms with Gasteiger partial charge in [0.05, 0.1) is 40.6 Å². The van der Waals surface area contributed by atoms with E-state index in [1.807, 2.05) is 70.2 Å². The second-order valence-corrected chi connectivity index (χ2v) is 11.6. The second kappa shape index (κ2) is 24.1. The van der Waals surface area contributed by atoms with E-state index in [2.05, 4.69) is 42.2 Å². The van der Waals surface area contributed by atoms with Gasteiger partial charge >= 0.3 is 0 Å². The van der Waals surface area contributed by atoms with E-state index in [0.717, 1.165) is 40.1 Å². The average Bonchev–Trinajstić information content (AvgIpc) is 3.40. The molecule has 1 aromatic heterocycles. The van der Waals surface area contributed by atoms with Gasteiger partial charge in [-0.15, -0.1) is 0 Å². The molecule has 0 bridgehead atoms. The molecule has 0 spiro atoms. The Morgan fingerprint density at radius 2 is 1.63 bits per heavy atom. The quantitative estimate of drug-likeness (QED) is 0.146. The van der Waals surface area contributed by atoms with Crippen LogP contribution in [0.4, 0.5) is 0 Å². The Bertz CT molecular complexity index is 941. The summed E-state index contributed by atoms with van der Waals surface area (Å²) < 4.78 is 9.23. The molecule has 1 aliphatic rings. The summed E-state index contributed by atoms with van der Waals surface area (Å²) in [5.41, 5.74) is -0.0313. The van der Waals surface area contributed by atoms with E-state index in [9.17, 15) is 5.11 Å². The van der Waals surface area contributed by atoms with E-state index in [1.165, 1.54) is 50.9 Å². The minimum absolute atomic E-state index is 0.242. The molecule has 0 amide bonds. The van der Waals surface area contributed by atoms with Crippen molar-refractivity contribution in [3.8, 4) is 0 Å². The highest BCUT2D eigenvalue weighted by Gasteiger charge is 2.43. The lowest BCUT2D eigenvalue weighted by molar-refractivity contribution is -0.870. The fraction of sp³-hybridized carbons (Fsp3) is 0.606. The lowest BCUT2D eigenvalue weighted by Gasteiger charge is -2.37. The van der Waals surface area contributed by atoms with E-state index in [0.29, 0.717) is 12.2 Å². The van der Waals surface area contributed by atoms with Crippen LogP contribution in [0.3, 0.4) is 0 Å². The molecule has 0 aliphatic heterocycles. The first-order valence-corrected chi connectivity index (χ1v) is 15.4. The van der Waals surface area contributed by atoms with Gasteiger partial charge in [-0.1, -0.05) is 75.6 Å². The fourth-order valence-corrected chi connectivity index (χ4v) is 5.02. The normalized spacial score (nSPS) is 14.9.